The lowest BCUT2D eigenvalue weighted by molar-refractivity contribution is 0.332. The highest BCUT2D eigenvalue weighted by Gasteiger charge is 2.41. The fourth-order valence-corrected chi connectivity index (χ4v) is 4.12. The van der Waals surface area contributed by atoms with E-state index in [-0.39, 0.29) is 5.54 Å². The van der Waals surface area contributed by atoms with Crippen molar-refractivity contribution >= 4 is 11.8 Å². The third-order valence-electron chi connectivity index (χ3n) is 4.28. The van der Waals surface area contributed by atoms with E-state index in [2.05, 4.69) is 42.6 Å². The van der Waals surface area contributed by atoms with Crippen molar-refractivity contribution in [2.75, 3.05) is 12.8 Å². The Kier molecular flexibility index (Phi) is 4.90. The zero-order chi connectivity index (χ0) is 13.7. The molecule has 1 aromatic rings. The first-order valence-electron chi connectivity index (χ1n) is 7.00. The van der Waals surface area contributed by atoms with Gasteiger partial charge in [-0.3, -0.25) is 0 Å². The van der Waals surface area contributed by atoms with Gasteiger partial charge in [0.15, 0.2) is 0 Å². The zero-order valence-corrected chi connectivity index (χ0v) is 12.6. The molecule has 1 fully saturated rings. The molecule has 3 heteroatoms. The van der Waals surface area contributed by atoms with Gasteiger partial charge in [0, 0.05) is 4.90 Å². The van der Waals surface area contributed by atoms with E-state index in [1.165, 1.54) is 23.3 Å². The lowest BCUT2D eigenvalue weighted by Gasteiger charge is -2.28. The van der Waals surface area contributed by atoms with E-state index in [1.807, 2.05) is 18.8 Å². The lowest BCUT2D eigenvalue weighted by Crippen LogP contribution is -2.44. The molecular weight excluding hydrogens is 252 g/mol. The molecule has 1 aliphatic rings. The molecule has 0 radical (unpaired) electrons. The Hall–Kier alpha value is -0.980. The van der Waals surface area contributed by atoms with Gasteiger partial charge in [-0.15, -0.1) is 11.8 Å². The molecule has 1 saturated carbocycles. The topological polar surface area (TPSA) is 35.8 Å². The first-order valence-corrected chi connectivity index (χ1v) is 7.99. The second-order valence-electron chi connectivity index (χ2n) is 5.32. The van der Waals surface area contributed by atoms with Crippen LogP contribution < -0.4 is 5.32 Å². The Balaban J connectivity index is 1.90. The molecule has 102 valence electrons. The van der Waals surface area contributed by atoms with Crippen molar-refractivity contribution in [2.45, 2.75) is 43.0 Å². The van der Waals surface area contributed by atoms with Crippen molar-refractivity contribution < 1.29 is 0 Å². The number of hydrogen-bond donors (Lipinski definition) is 1. The van der Waals surface area contributed by atoms with Crippen LogP contribution in [0.25, 0.3) is 0 Å². The van der Waals surface area contributed by atoms with E-state index < -0.39 is 0 Å². The maximum Gasteiger partial charge on any atom is 0.109 e. The van der Waals surface area contributed by atoms with E-state index in [1.54, 1.807) is 0 Å². The highest BCUT2D eigenvalue weighted by Crippen LogP contribution is 2.38. The summed E-state index contributed by atoms with van der Waals surface area (Å²) in [7, 11) is 1.93. The zero-order valence-electron chi connectivity index (χ0n) is 11.8. The van der Waals surface area contributed by atoms with Gasteiger partial charge in [0.05, 0.1) is 6.07 Å². The second kappa shape index (κ2) is 6.45. The van der Waals surface area contributed by atoms with Crippen LogP contribution in [0.3, 0.4) is 0 Å². The number of hydrogen-bond acceptors (Lipinski definition) is 3. The average molecular weight is 274 g/mol. The number of aryl methyl sites for hydroxylation is 1. The van der Waals surface area contributed by atoms with Gasteiger partial charge in [0.25, 0.3) is 0 Å². The maximum atomic E-state index is 9.43. The summed E-state index contributed by atoms with van der Waals surface area (Å²) in [5, 5.41) is 12.7. The molecule has 0 amide bonds. The lowest BCUT2D eigenvalue weighted by atomic mass is 9.87. The minimum atomic E-state index is -0.272. The molecule has 2 rings (SSSR count). The van der Waals surface area contributed by atoms with Crippen molar-refractivity contribution in [3.63, 3.8) is 0 Å². The highest BCUT2D eigenvalue weighted by molar-refractivity contribution is 7.99. The molecule has 19 heavy (non-hydrogen) atoms. The monoisotopic (exact) mass is 274 g/mol. The average Bonchev–Trinajstić information content (AvgIpc) is 2.84. The van der Waals surface area contributed by atoms with Crippen molar-refractivity contribution in [2.24, 2.45) is 5.92 Å². The molecule has 1 aliphatic carbocycles. The van der Waals surface area contributed by atoms with Crippen LogP contribution in [0.15, 0.2) is 29.2 Å². The normalized spacial score (nSPS) is 26.3. The van der Waals surface area contributed by atoms with Crippen molar-refractivity contribution in [1.29, 1.82) is 5.26 Å². The largest absolute Gasteiger partial charge is 0.302 e. The molecule has 1 N–H and O–H groups in total. The van der Waals surface area contributed by atoms with Crippen LogP contribution >= 0.6 is 11.8 Å². The highest BCUT2D eigenvalue weighted by atomic mass is 32.2. The van der Waals surface area contributed by atoms with Crippen molar-refractivity contribution in [3.05, 3.63) is 29.8 Å². The Labute approximate surface area is 120 Å². The Morgan fingerprint density at radius 3 is 2.95 bits per heavy atom. The minimum absolute atomic E-state index is 0.272. The molecule has 2 nitrogen and oxygen atoms in total. The van der Waals surface area contributed by atoms with E-state index in [4.69, 9.17) is 0 Å². The number of nitrogens with one attached hydrogen (secondary N) is 1. The number of thioether (sulfide) groups is 1. The summed E-state index contributed by atoms with van der Waals surface area (Å²) in [6.07, 6.45) is 4.48. The van der Waals surface area contributed by atoms with Gasteiger partial charge in [-0.25, -0.2) is 0 Å². The van der Waals surface area contributed by atoms with Gasteiger partial charge >= 0.3 is 0 Å². The smallest absolute Gasteiger partial charge is 0.109 e. The summed E-state index contributed by atoms with van der Waals surface area (Å²) in [6.45, 7) is 2.16. The maximum absolute atomic E-state index is 9.43. The predicted molar refractivity (Wildman–Crippen MR) is 81.3 cm³/mol. The van der Waals surface area contributed by atoms with Gasteiger partial charge in [0.2, 0.25) is 0 Å². The summed E-state index contributed by atoms with van der Waals surface area (Å²) < 4.78 is 0. The van der Waals surface area contributed by atoms with Gasteiger partial charge in [-0.2, -0.15) is 5.26 Å². The predicted octanol–water partition coefficient (Wildman–Crippen LogP) is 3.76. The van der Waals surface area contributed by atoms with Crippen molar-refractivity contribution in [1.82, 2.24) is 5.32 Å². The fourth-order valence-electron chi connectivity index (χ4n) is 3.03. The fraction of sp³-hybridized carbons (Fsp3) is 0.562. The van der Waals surface area contributed by atoms with Crippen LogP contribution in [0.5, 0.6) is 0 Å². The molecule has 0 aromatic heterocycles. The molecule has 0 aliphatic heterocycles. The third kappa shape index (κ3) is 3.13. The number of nitriles is 1. The van der Waals surface area contributed by atoms with Crippen LogP contribution in [-0.4, -0.2) is 18.3 Å². The summed E-state index contributed by atoms with van der Waals surface area (Å²) in [6, 6.07) is 11.0. The Morgan fingerprint density at radius 2 is 2.26 bits per heavy atom. The molecule has 0 spiro atoms. The first kappa shape index (κ1) is 14.4. The van der Waals surface area contributed by atoms with E-state index in [9.17, 15) is 5.26 Å². The quantitative estimate of drug-likeness (QED) is 0.830. The SMILES string of the molecule is CNC1(C#N)CCCC1CCSc1ccccc1C. The number of nitrogens with zero attached hydrogens (tertiary/aromatic N) is 1. The van der Waals surface area contributed by atoms with Crippen LogP contribution in [0.4, 0.5) is 0 Å². The molecule has 1 aromatic carbocycles. The van der Waals surface area contributed by atoms with Crippen LogP contribution in [-0.2, 0) is 0 Å². The van der Waals surface area contributed by atoms with E-state index in [0.29, 0.717) is 5.92 Å². The molecule has 2 atom stereocenters. The summed E-state index contributed by atoms with van der Waals surface area (Å²) in [5.41, 5.74) is 1.07. The van der Waals surface area contributed by atoms with Crippen LogP contribution in [0.2, 0.25) is 0 Å². The standard InChI is InChI=1S/C16H22N2S/c1-13-6-3-4-8-15(13)19-11-9-14-7-5-10-16(14,12-17)18-2/h3-4,6,8,14,18H,5,7,9-11H2,1-2H3. The van der Waals surface area contributed by atoms with Gasteiger partial charge in [-0.1, -0.05) is 24.6 Å². The van der Waals surface area contributed by atoms with Gasteiger partial charge in [-0.05, 0) is 56.5 Å². The van der Waals surface area contributed by atoms with Crippen LogP contribution in [0, 0.1) is 24.2 Å². The van der Waals surface area contributed by atoms with Gasteiger partial charge < -0.3 is 5.32 Å². The van der Waals surface area contributed by atoms with Crippen LogP contribution in [0.1, 0.15) is 31.2 Å². The molecule has 0 saturated heterocycles. The van der Waals surface area contributed by atoms with Crippen molar-refractivity contribution in [3.8, 4) is 6.07 Å². The number of benzene rings is 1. The molecule has 0 heterocycles. The Morgan fingerprint density at radius 1 is 1.47 bits per heavy atom. The summed E-state index contributed by atoms with van der Waals surface area (Å²) >= 11 is 1.92. The Bertz CT molecular complexity index is 466. The molecule has 0 bridgehead atoms. The first-order chi connectivity index (χ1) is 9.22. The number of rotatable bonds is 5. The van der Waals surface area contributed by atoms with E-state index in [0.717, 1.165) is 18.6 Å². The third-order valence-corrected chi connectivity index (χ3v) is 5.49. The van der Waals surface area contributed by atoms with E-state index >= 15 is 0 Å². The molecular formula is C16H22N2S. The molecule has 2 unspecified atom stereocenters. The minimum Gasteiger partial charge on any atom is -0.302 e. The van der Waals surface area contributed by atoms with Gasteiger partial charge in [0.1, 0.15) is 5.54 Å². The second-order valence-corrected chi connectivity index (χ2v) is 6.46. The summed E-state index contributed by atoms with van der Waals surface area (Å²) in [5.74, 6) is 1.60. The summed E-state index contributed by atoms with van der Waals surface area (Å²) in [4.78, 5) is 1.37.